The van der Waals surface area contributed by atoms with Crippen LogP contribution < -0.4 is 10.1 Å². The first-order valence-electron chi connectivity index (χ1n) is 7.71. The van der Waals surface area contributed by atoms with Gasteiger partial charge in [-0.15, -0.1) is 10.2 Å². The Morgan fingerprint density at radius 1 is 1.09 bits per heavy atom. The minimum Gasteiger partial charge on any atom is -0.497 e. The van der Waals surface area contributed by atoms with Gasteiger partial charge < -0.3 is 10.1 Å². The first-order chi connectivity index (χ1) is 11.3. The number of fused-ring (bicyclic) bond motifs is 3. The summed E-state index contributed by atoms with van der Waals surface area (Å²) in [6, 6.07) is 16.2. The van der Waals surface area contributed by atoms with Crippen LogP contribution in [0.3, 0.4) is 0 Å². The second-order valence-corrected chi connectivity index (χ2v) is 5.74. The Balaban J connectivity index is 1.92. The molecule has 5 nitrogen and oxygen atoms in total. The second kappa shape index (κ2) is 5.43. The van der Waals surface area contributed by atoms with Crippen molar-refractivity contribution in [1.82, 2.24) is 14.8 Å². The van der Waals surface area contributed by atoms with E-state index in [0.717, 1.165) is 40.9 Å². The Labute approximate surface area is 134 Å². The number of aromatic nitrogens is 3. The van der Waals surface area contributed by atoms with Crippen LogP contribution in [0, 0.1) is 0 Å². The van der Waals surface area contributed by atoms with Crippen LogP contribution in [-0.4, -0.2) is 28.4 Å². The molecule has 1 aliphatic rings. The van der Waals surface area contributed by atoms with Gasteiger partial charge in [0.25, 0.3) is 0 Å². The van der Waals surface area contributed by atoms with Crippen molar-refractivity contribution in [3.63, 3.8) is 0 Å². The zero-order valence-corrected chi connectivity index (χ0v) is 13.2. The Kier molecular flexibility index (Phi) is 3.26. The highest BCUT2D eigenvalue weighted by molar-refractivity contribution is 5.68. The molecule has 0 bridgehead atoms. The van der Waals surface area contributed by atoms with Crippen LogP contribution in [0.25, 0.3) is 17.1 Å². The molecule has 1 N–H and O–H groups in total. The lowest BCUT2D eigenvalue weighted by Gasteiger charge is -2.12. The quantitative estimate of drug-likeness (QED) is 0.787. The molecule has 0 fully saturated rings. The number of rotatable bonds is 2. The molecule has 23 heavy (non-hydrogen) atoms. The molecule has 1 unspecified atom stereocenters. The summed E-state index contributed by atoms with van der Waals surface area (Å²) in [6.45, 7) is 3.01. The number of methoxy groups -OCH3 is 1. The number of para-hydroxylation sites is 2. The van der Waals surface area contributed by atoms with Gasteiger partial charge in [-0.2, -0.15) is 0 Å². The normalized spacial score (nSPS) is 16.0. The van der Waals surface area contributed by atoms with Gasteiger partial charge in [0.1, 0.15) is 11.6 Å². The summed E-state index contributed by atoms with van der Waals surface area (Å²) in [5, 5.41) is 12.4. The molecular weight excluding hydrogens is 288 g/mol. The molecule has 3 aromatic rings. The number of hydrogen-bond donors (Lipinski definition) is 1. The molecule has 116 valence electrons. The molecule has 2 aromatic carbocycles. The van der Waals surface area contributed by atoms with E-state index in [1.165, 1.54) is 0 Å². The number of nitrogens with zero attached hydrogens (tertiary/aromatic N) is 3. The van der Waals surface area contributed by atoms with Crippen molar-refractivity contribution >= 4 is 5.69 Å². The summed E-state index contributed by atoms with van der Waals surface area (Å²) in [5.74, 6) is 2.95. The number of hydrogen-bond acceptors (Lipinski definition) is 4. The maximum Gasteiger partial charge on any atom is 0.168 e. The number of benzene rings is 2. The average molecular weight is 306 g/mol. The van der Waals surface area contributed by atoms with Crippen molar-refractivity contribution in [3.05, 3.63) is 54.4 Å². The number of anilines is 1. The van der Waals surface area contributed by atoms with E-state index in [4.69, 9.17) is 4.74 Å². The summed E-state index contributed by atoms with van der Waals surface area (Å²) in [4.78, 5) is 0. The van der Waals surface area contributed by atoms with Crippen molar-refractivity contribution in [3.8, 4) is 22.8 Å². The molecule has 0 saturated heterocycles. The van der Waals surface area contributed by atoms with Crippen molar-refractivity contribution in [2.24, 2.45) is 0 Å². The highest BCUT2D eigenvalue weighted by atomic mass is 16.5. The van der Waals surface area contributed by atoms with Crippen LogP contribution in [0.5, 0.6) is 5.75 Å². The predicted molar refractivity (Wildman–Crippen MR) is 90.3 cm³/mol. The lowest BCUT2D eigenvalue weighted by atomic mass is 10.1. The van der Waals surface area contributed by atoms with E-state index >= 15 is 0 Å². The van der Waals surface area contributed by atoms with E-state index in [9.17, 15) is 0 Å². The summed E-state index contributed by atoms with van der Waals surface area (Å²) in [5.41, 5.74) is 3.21. The molecule has 1 aromatic heterocycles. The summed E-state index contributed by atoms with van der Waals surface area (Å²) in [7, 11) is 1.67. The third-order valence-electron chi connectivity index (χ3n) is 4.22. The van der Waals surface area contributed by atoms with Crippen LogP contribution >= 0.6 is 0 Å². The third kappa shape index (κ3) is 2.25. The summed E-state index contributed by atoms with van der Waals surface area (Å²) >= 11 is 0. The number of ether oxygens (including phenoxy) is 1. The SMILES string of the molecule is COc1ccc(-c2nnc3n2-c2ccccc2NCC3C)cc1. The van der Waals surface area contributed by atoms with Gasteiger partial charge in [0, 0.05) is 18.0 Å². The fourth-order valence-corrected chi connectivity index (χ4v) is 2.95. The molecule has 1 aliphatic heterocycles. The highest BCUT2D eigenvalue weighted by Crippen LogP contribution is 2.33. The van der Waals surface area contributed by atoms with Crippen molar-refractivity contribution in [1.29, 1.82) is 0 Å². The predicted octanol–water partition coefficient (Wildman–Crippen LogP) is 3.47. The molecule has 0 aliphatic carbocycles. The van der Waals surface area contributed by atoms with Gasteiger partial charge >= 0.3 is 0 Å². The second-order valence-electron chi connectivity index (χ2n) is 5.74. The van der Waals surface area contributed by atoms with Crippen LogP contribution in [0.1, 0.15) is 18.7 Å². The lowest BCUT2D eigenvalue weighted by molar-refractivity contribution is 0.415. The van der Waals surface area contributed by atoms with Crippen molar-refractivity contribution in [2.75, 3.05) is 19.0 Å². The topological polar surface area (TPSA) is 52.0 Å². The fraction of sp³-hybridized carbons (Fsp3) is 0.222. The molecule has 0 saturated carbocycles. The third-order valence-corrected chi connectivity index (χ3v) is 4.22. The van der Waals surface area contributed by atoms with Gasteiger partial charge in [-0.3, -0.25) is 4.57 Å². The van der Waals surface area contributed by atoms with Gasteiger partial charge in [-0.1, -0.05) is 19.1 Å². The molecular formula is C18H18N4O. The van der Waals surface area contributed by atoms with Gasteiger partial charge in [0.15, 0.2) is 5.82 Å². The van der Waals surface area contributed by atoms with Crippen molar-refractivity contribution < 1.29 is 4.74 Å². The Bertz CT molecular complexity index is 838. The van der Waals surface area contributed by atoms with Crippen LogP contribution in [0.4, 0.5) is 5.69 Å². The molecule has 0 spiro atoms. The van der Waals surface area contributed by atoms with E-state index in [0.29, 0.717) is 0 Å². The molecule has 0 radical (unpaired) electrons. The highest BCUT2D eigenvalue weighted by Gasteiger charge is 2.24. The maximum atomic E-state index is 5.24. The monoisotopic (exact) mass is 306 g/mol. The van der Waals surface area contributed by atoms with E-state index in [1.807, 2.05) is 36.4 Å². The molecule has 2 heterocycles. The summed E-state index contributed by atoms with van der Waals surface area (Å²) < 4.78 is 7.39. The minimum absolute atomic E-state index is 0.280. The van der Waals surface area contributed by atoms with Gasteiger partial charge in [-0.25, -0.2) is 0 Å². The zero-order valence-electron chi connectivity index (χ0n) is 13.2. The Hall–Kier alpha value is -2.82. The molecule has 0 amide bonds. The summed E-state index contributed by atoms with van der Waals surface area (Å²) in [6.07, 6.45) is 0. The van der Waals surface area contributed by atoms with Crippen LogP contribution in [-0.2, 0) is 0 Å². The van der Waals surface area contributed by atoms with E-state index in [1.54, 1.807) is 7.11 Å². The van der Waals surface area contributed by atoms with E-state index < -0.39 is 0 Å². The minimum atomic E-state index is 0.280. The van der Waals surface area contributed by atoms with Crippen LogP contribution in [0.15, 0.2) is 48.5 Å². The first kappa shape index (κ1) is 13.8. The van der Waals surface area contributed by atoms with E-state index in [2.05, 4.69) is 39.1 Å². The maximum absolute atomic E-state index is 5.24. The van der Waals surface area contributed by atoms with Gasteiger partial charge in [-0.05, 0) is 36.4 Å². The van der Waals surface area contributed by atoms with Gasteiger partial charge in [0.05, 0.1) is 18.5 Å². The standard InChI is InChI=1S/C18H18N4O/c1-12-11-19-15-5-3-4-6-16(15)22-17(12)20-21-18(22)13-7-9-14(23-2)10-8-13/h3-10,12,19H,11H2,1-2H3. The average Bonchev–Trinajstić information content (AvgIpc) is 2.99. The Morgan fingerprint density at radius 3 is 2.65 bits per heavy atom. The van der Waals surface area contributed by atoms with Gasteiger partial charge in [0.2, 0.25) is 0 Å². The fourth-order valence-electron chi connectivity index (χ4n) is 2.95. The van der Waals surface area contributed by atoms with Crippen molar-refractivity contribution in [2.45, 2.75) is 12.8 Å². The lowest BCUT2D eigenvalue weighted by Crippen LogP contribution is -2.09. The largest absolute Gasteiger partial charge is 0.497 e. The molecule has 1 atom stereocenters. The molecule has 5 heteroatoms. The zero-order chi connectivity index (χ0) is 15.8. The first-order valence-corrected chi connectivity index (χ1v) is 7.71. The Morgan fingerprint density at radius 2 is 1.87 bits per heavy atom. The number of nitrogens with one attached hydrogen (secondary N) is 1. The van der Waals surface area contributed by atoms with E-state index in [-0.39, 0.29) is 5.92 Å². The van der Waals surface area contributed by atoms with Crippen LogP contribution in [0.2, 0.25) is 0 Å². The smallest absolute Gasteiger partial charge is 0.168 e. The molecule has 4 rings (SSSR count).